The lowest BCUT2D eigenvalue weighted by Crippen LogP contribution is -2.55. The molecule has 2 amide bonds. The van der Waals surface area contributed by atoms with E-state index in [1.54, 1.807) is 4.90 Å². The second kappa shape index (κ2) is 9.82. The second-order valence-electron chi connectivity index (χ2n) is 6.65. The molecule has 1 unspecified atom stereocenters. The summed E-state index contributed by atoms with van der Waals surface area (Å²) in [6.45, 7) is 4.74. The number of hydrogen-bond donors (Lipinski definition) is 1. The van der Waals surface area contributed by atoms with Crippen molar-refractivity contribution < 1.29 is 9.59 Å². The van der Waals surface area contributed by atoms with Crippen molar-refractivity contribution in [3.8, 4) is 0 Å². The van der Waals surface area contributed by atoms with Crippen LogP contribution in [0.15, 0.2) is 0 Å². The van der Waals surface area contributed by atoms with E-state index in [1.807, 2.05) is 0 Å². The fourth-order valence-corrected chi connectivity index (χ4v) is 4.11. The summed E-state index contributed by atoms with van der Waals surface area (Å²) in [7, 11) is 0. The lowest BCUT2D eigenvalue weighted by molar-refractivity contribution is -0.139. The van der Waals surface area contributed by atoms with Gasteiger partial charge in [-0.3, -0.25) is 19.4 Å². The van der Waals surface area contributed by atoms with Gasteiger partial charge in [-0.1, -0.05) is 19.3 Å². The normalized spacial score (nSPS) is 25.0. The zero-order valence-corrected chi connectivity index (χ0v) is 15.3. The van der Waals surface area contributed by atoms with E-state index >= 15 is 0 Å². The van der Waals surface area contributed by atoms with Crippen molar-refractivity contribution in [2.24, 2.45) is 5.92 Å². The summed E-state index contributed by atoms with van der Waals surface area (Å²) in [5.74, 6) is 0.727. The number of nitrogens with one attached hydrogen (secondary N) is 1. The van der Waals surface area contributed by atoms with Gasteiger partial charge in [-0.25, -0.2) is 0 Å². The first-order valence-electron chi connectivity index (χ1n) is 8.53. The van der Waals surface area contributed by atoms with E-state index in [0.717, 1.165) is 26.2 Å². The number of halogens is 2. The molecule has 1 N–H and O–H groups in total. The van der Waals surface area contributed by atoms with Crippen molar-refractivity contribution in [2.45, 2.75) is 51.0 Å². The molecule has 1 saturated carbocycles. The van der Waals surface area contributed by atoms with Gasteiger partial charge in [-0.05, 0) is 18.8 Å². The molecular formula is C16H29Cl2N3O2. The minimum atomic E-state index is 0. The molecule has 1 atom stereocenters. The number of carbonyl (C=O) groups excluding carboxylic acids is 2. The first kappa shape index (κ1) is 20.7. The molecule has 134 valence electrons. The SMILES string of the molecule is Cl.Cl.O=C1CCC(=O)N1CC(C1CCCCC1)N1CCNCC1. The van der Waals surface area contributed by atoms with Crippen LogP contribution in [0.25, 0.3) is 0 Å². The van der Waals surface area contributed by atoms with Gasteiger partial charge in [0.25, 0.3) is 0 Å². The number of rotatable bonds is 4. The minimum Gasteiger partial charge on any atom is -0.314 e. The Morgan fingerprint density at radius 2 is 1.52 bits per heavy atom. The van der Waals surface area contributed by atoms with Crippen molar-refractivity contribution in [1.82, 2.24) is 15.1 Å². The third-order valence-electron chi connectivity index (χ3n) is 5.34. The topological polar surface area (TPSA) is 52.7 Å². The number of imide groups is 1. The van der Waals surface area contributed by atoms with Crippen LogP contribution in [-0.2, 0) is 9.59 Å². The Balaban J connectivity index is 0.00000132. The van der Waals surface area contributed by atoms with Crippen molar-refractivity contribution in [3.63, 3.8) is 0 Å². The Hall–Kier alpha value is -0.360. The number of carbonyl (C=O) groups is 2. The fourth-order valence-electron chi connectivity index (χ4n) is 4.11. The zero-order valence-electron chi connectivity index (χ0n) is 13.7. The van der Waals surface area contributed by atoms with Crippen LogP contribution in [0.1, 0.15) is 44.9 Å². The number of hydrogen-bond acceptors (Lipinski definition) is 4. The van der Waals surface area contributed by atoms with Crippen LogP contribution in [0.4, 0.5) is 0 Å². The molecule has 1 aliphatic carbocycles. The molecule has 0 spiro atoms. The Kier molecular flexibility index (Phi) is 8.83. The van der Waals surface area contributed by atoms with E-state index in [-0.39, 0.29) is 36.6 Å². The summed E-state index contributed by atoms with van der Waals surface area (Å²) in [5, 5.41) is 3.39. The molecule has 2 aliphatic heterocycles. The summed E-state index contributed by atoms with van der Waals surface area (Å²) >= 11 is 0. The Bertz CT molecular complexity index is 363. The summed E-state index contributed by atoms with van der Waals surface area (Å²) in [6.07, 6.45) is 7.28. The molecule has 3 rings (SSSR count). The monoisotopic (exact) mass is 365 g/mol. The molecule has 0 bridgehead atoms. The average molecular weight is 366 g/mol. The van der Waals surface area contributed by atoms with E-state index in [0.29, 0.717) is 31.3 Å². The Morgan fingerprint density at radius 1 is 0.957 bits per heavy atom. The van der Waals surface area contributed by atoms with Crippen LogP contribution >= 0.6 is 24.8 Å². The number of amides is 2. The van der Waals surface area contributed by atoms with E-state index in [2.05, 4.69) is 10.2 Å². The van der Waals surface area contributed by atoms with Crippen molar-refractivity contribution in [1.29, 1.82) is 0 Å². The van der Waals surface area contributed by atoms with Gasteiger partial charge in [-0.15, -0.1) is 24.8 Å². The lowest BCUT2D eigenvalue weighted by Gasteiger charge is -2.42. The maximum atomic E-state index is 12.0. The van der Waals surface area contributed by atoms with Crippen LogP contribution in [-0.4, -0.2) is 60.4 Å². The molecule has 0 radical (unpaired) electrons. The lowest BCUT2D eigenvalue weighted by atomic mass is 9.82. The van der Waals surface area contributed by atoms with Crippen LogP contribution in [0.5, 0.6) is 0 Å². The molecule has 0 aromatic heterocycles. The van der Waals surface area contributed by atoms with Gasteiger partial charge < -0.3 is 5.32 Å². The highest BCUT2D eigenvalue weighted by atomic mass is 35.5. The van der Waals surface area contributed by atoms with Crippen molar-refractivity contribution in [2.75, 3.05) is 32.7 Å². The standard InChI is InChI=1S/C16H27N3O2.2ClH/c20-15-6-7-16(21)19(15)12-14(13-4-2-1-3-5-13)18-10-8-17-9-11-18;;/h13-14,17H,1-12H2;2*1H. The van der Waals surface area contributed by atoms with Crippen molar-refractivity contribution in [3.05, 3.63) is 0 Å². The zero-order chi connectivity index (χ0) is 14.7. The highest BCUT2D eigenvalue weighted by Crippen LogP contribution is 2.30. The van der Waals surface area contributed by atoms with Crippen LogP contribution in [0, 0.1) is 5.92 Å². The molecule has 2 heterocycles. The maximum absolute atomic E-state index is 12.0. The van der Waals surface area contributed by atoms with Gasteiger partial charge in [0, 0.05) is 51.6 Å². The van der Waals surface area contributed by atoms with E-state index in [4.69, 9.17) is 0 Å². The van der Waals surface area contributed by atoms with Gasteiger partial charge in [0.05, 0.1) is 0 Å². The molecule has 2 saturated heterocycles. The van der Waals surface area contributed by atoms with E-state index < -0.39 is 0 Å². The molecule has 5 nitrogen and oxygen atoms in total. The van der Waals surface area contributed by atoms with Crippen molar-refractivity contribution >= 4 is 36.6 Å². The Labute approximate surface area is 151 Å². The average Bonchev–Trinajstić information content (AvgIpc) is 2.85. The van der Waals surface area contributed by atoms with Crippen LogP contribution in [0.2, 0.25) is 0 Å². The summed E-state index contributed by atoms with van der Waals surface area (Å²) in [4.78, 5) is 28.0. The third kappa shape index (κ3) is 5.05. The quantitative estimate of drug-likeness (QED) is 0.772. The van der Waals surface area contributed by atoms with Gasteiger partial charge in [0.2, 0.25) is 11.8 Å². The molecule has 3 fully saturated rings. The van der Waals surface area contributed by atoms with Gasteiger partial charge in [-0.2, -0.15) is 0 Å². The molecular weight excluding hydrogens is 337 g/mol. The summed E-state index contributed by atoms with van der Waals surface area (Å²) in [6, 6.07) is 0.374. The predicted molar refractivity (Wildman–Crippen MR) is 95.3 cm³/mol. The number of likely N-dealkylation sites (tertiary alicyclic amines) is 1. The molecule has 0 aromatic carbocycles. The number of nitrogens with zero attached hydrogens (tertiary/aromatic N) is 2. The smallest absolute Gasteiger partial charge is 0.229 e. The van der Waals surface area contributed by atoms with E-state index in [9.17, 15) is 9.59 Å². The maximum Gasteiger partial charge on any atom is 0.229 e. The van der Waals surface area contributed by atoms with Gasteiger partial charge in [0.1, 0.15) is 0 Å². The molecule has 0 aromatic rings. The highest BCUT2D eigenvalue weighted by Gasteiger charge is 2.36. The highest BCUT2D eigenvalue weighted by molar-refractivity contribution is 6.01. The second-order valence-corrected chi connectivity index (χ2v) is 6.65. The van der Waals surface area contributed by atoms with Gasteiger partial charge >= 0.3 is 0 Å². The Morgan fingerprint density at radius 3 is 2.09 bits per heavy atom. The minimum absolute atomic E-state index is 0. The first-order chi connectivity index (χ1) is 10.3. The van der Waals surface area contributed by atoms with Gasteiger partial charge in [0.15, 0.2) is 0 Å². The summed E-state index contributed by atoms with van der Waals surface area (Å²) in [5.41, 5.74) is 0. The molecule has 23 heavy (non-hydrogen) atoms. The fraction of sp³-hybridized carbons (Fsp3) is 0.875. The van der Waals surface area contributed by atoms with Crippen LogP contribution in [0.3, 0.4) is 0 Å². The predicted octanol–water partition coefficient (Wildman–Crippen LogP) is 1.83. The largest absolute Gasteiger partial charge is 0.314 e. The third-order valence-corrected chi connectivity index (χ3v) is 5.34. The summed E-state index contributed by atoms with van der Waals surface area (Å²) < 4.78 is 0. The molecule has 3 aliphatic rings. The van der Waals surface area contributed by atoms with E-state index in [1.165, 1.54) is 32.1 Å². The molecule has 7 heteroatoms. The number of piperazine rings is 1. The van der Waals surface area contributed by atoms with Crippen LogP contribution < -0.4 is 5.32 Å². The first-order valence-corrected chi connectivity index (χ1v) is 8.53.